The molecule has 0 fully saturated rings. The van der Waals surface area contributed by atoms with E-state index in [2.05, 4.69) is 4.98 Å². The van der Waals surface area contributed by atoms with Gasteiger partial charge < -0.3 is 14.2 Å². The van der Waals surface area contributed by atoms with Gasteiger partial charge in [-0.2, -0.15) is 0 Å². The normalized spacial score (nSPS) is 13.0. The van der Waals surface area contributed by atoms with Crippen LogP contribution in [0.25, 0.3) is 0 Å². The second-order valence-electron chi connectivity index (χ2n) is 6.72. The lowest BCUT2D eigenvalue weighted by molar-refractivity contribution is -0.285. The van der Waals surface area contributed by atoms with Crippen molar-refractivity contribution in [2.24, 2.45) is 0 Å². The highest BCUT2D eigenvalue weighted by atomic mass is 19.1. The zero-order valence-electron chi connectivity index (χ0n) is 17.0. The smallest absolute Gasteiger partial charge is 0.213 e. The maximum absolute atomic E-state index is 14.1. The van der Waals surface area contributed by atoms with Gasteiger partial charge in [0.25, 0.3) is 0 Å². The van der Waals surface area contributed by atoms with Crippen LogP contribution in [0.15, 0.2) is 42.5 Å². The van der Waals surface area contributed by atoms with Crippen LogP contribution in [0.1, 0.15) is 36.6 Å². The van der Waals surface area contributed by atoms with Gasteiger partial charge in [0, 0.05) is 20.3 Å². The first kappa shape index (κ1) is 22.2. The number of methoxy groups -OCH3 is 2. The van der Waals surface area contributed by atoms with Gasteiger partial charge in [0.05, 0.1) is 25.3 Å². The third-order valence-electron chi connectivity index (χ3n) is 4.32. The molecule has 1 atom stereocenters. The van der Waals surface area contributed by atoms with Crippen LogP contribution in [0, 0.1) is 0 Å². The van der Waals surface area contributed by atoms with E-state index in [0.29, 0.717) is 11.6 Å². The first-order chi connectivity index (χ1) is 13.4. The maximum Gasteiger partial charge on any atom is 0.213 e. The molecule has 1 aromatic carbocycles. The van der Waals surface area contributed by atoms with Crippen molar-refractivity contribution in [1.29, 1.82) is 0 Å². The van der Waals surface area contributed by atoms with Crippen molar-refractivity contribution in [3.63, 3.8) is 0 Å². The zero-order valence-corrected chi connectivity index (χ0v) is 17.0. The molecule has 1 aromatic heterocycles. The predicted octanol–water partition coefficient (Wildman–Crippen LogP) is 4.15. The third kappa shape index (κ3) is 5.97. The molecule has 0 aliphatic rings. The summed E-state index contributed by atoms with van der Waals surface area (Å²) in [7, 11) is 4.59. The number of pyridine rings is 1. The van der Waals surface area contributed by atoms with E-state index in [1.165, 1.54) is 21.0 Å². The number of aromatic nitrogens is 1. The summed E-state index contributed by atoms with van der Waals surface area (Å²) in [4.78, 5) is 14.2. The Labute approximate surface area is 165 Å². The molecule has 1 unspecified atom stereocenters. The number of ether oxygens (including phenoxy) is 3. The second kappa shape index (κ2) is 10.5. The number of hydrogen-bond donors (Lipinski definition) is 0. The van der Waals surface area contributed by atoms with E-state index in [9.17, 15) is 4.39 Å². The fraction of sp³-hybridized carbons (Fsp3) is 0.476. The summed E-state index contributed by atoms with van der Waals surface area (Å²) in [6.07, 6.45) is -0.523. The van der Waals surface area contributed by atoms with E-state index in [1.54, 1.807) is 32.4 Å². The fourth-order valence-corrected chi connectivity index (χ4v) is 2.89. The molecule has 0 aliphatic heterocycles. The number of halogens is 1. The quantitative estimate of drug-likeness (QED) is 0.325. The number of alkyl halides is 1. The Morgan fingerprint density at radius 1 is 1.00 bits per heavy atom. The van der Waals surface area contributed by atoms with Gasteiger partial charge in [0.2, 0.25) is 5.88 Å². The van der Waals surface area contributed by atoms with Crippen molar-refractivity contribution in [2.75, 3.05) is 27.9 Å². The highest BCUT2D eigenvalue weighted by Crippen LogP contribution is 2.28. The summed E-state index contributed by atoms with van der Waals surface area (Å²) in [5.41, 5.74) is 0.640. The van der Waals surface area contributed by atoms with Crippen LogP contribution >= 0.6 is 0 Å². The van der Waals surface area contributed by atoms with E-state index in [4.69, 9.17) is 24.0 Å². The Balaban J connectivity index is 2.23. The van der Waals surface area contributed by atoms with Crippen LogP contribution in [0.4, 0.5) is 4.39 Å². The molecule has 1 heterocycles. The molecule has 0 radical (unpaired) electrons. The molecule has 0 amide bonds. The topological polar surface area (TPSA) is 59.0 Å². The van der Waals surface area contributed by atoms with Crippen LogP contribution < -0.4 is 4.74 Å². The van der Waals surface area contributed by atoms with Crippen LogP contribution in [-0.4, -0.2) is 39.2 Å². The van der Waals surface area contributed by atoms with E-state index >= 15 is 0 Å². The zero-order chi connectivity index (χ0) is 20.6. The van der Waals surface area contributed by atoms with Gasteiger partial charge in [-0.3, -0.25) is 0 Å². The minimum atomic E-state index is -1.54. The van der Waals surface area contributed by atoms with Crippen LogP contribution in [0.3, 0.4) is 0 Å². The van der Waals surface area contributed by atoms with E-state index < -0.39 is 12.0 Å². The van der Waals surface area contributed by atoms with Gasteiger partial charge in [-0.25, -0.2) is 19.1 Å². The minimum Gasteiger partial charge on any atom is -0.473 e. The molecule has 7 heteroatoms. The Hall–Kier alpha value is -2.06. The van der Waals surface area contributed by atoms with E-state index in [-0.39, 0.29) is 19.1 Å². The van der Waals surface area contributed by atoms with Crippen molar-refractivity contribution in [1.82, 2.24) is 4.98 Å². The molecule has 154 valence electrons. The molecule has 0 spiro atoms. The van der Waals surface area contributed by atoms with Crippen LogP contribution in [0.5, 0.6) is 5.88 Å². The summed E-state index contributed by atoms with van der Waals surface area (Å²) in [6.45, 7) is 3.42. The molecule has 2 rings (SSSR count). The molecule has 0 N–H and O–H groups in total. The summed E-state index contributed by atoms with van der Waals surface area (Å²) in [6, 6.07) is 12.8. The molecule has 2 aromatic rings. The van der Waals surface area contributed by atoms with Crippen LogP contribution in [0.2, 0.25) is 0 Å². The lowest BCUT2D eigenvalue weighted by atomic mass is 9.94. The number of hydrogen-bond acceptors (Lipinski definition) is 6. The molecule has 0 aliphatic carbocycles. The van der Waals surface area contributed by atoms with Gasteiger partial charge in [-0.1, -0.05) is 30.3 Å². The van der Waals surface area contributed by atoms with Crippen molar-refractivity contribution in [3.8, 4) is 5.88 Å². The average molecular weight is 393 g/mol. The highest BCUT2D eigenvalue weighted by Gasteiger charge is 2.26. The molecule has 0 saturated carbocycles. The monoisotopic (exact) mass is 393 g/mol. The summed E-state index contributed by atoms with van der Waals surface area (Å²) >= 11 is 0. The van der Waals surface area contributed by atoms with Crippen molar-refractivity contribution in [3.05, 3.63) is 59.3 Å². The van der Waals surface area contributed by atoms with Gasteiger partial charge in [-0.15, -0.1) is 0 Å². The largest absolute Gasteiger partial charge is 0.473 e. The number of nitrogens with zero attached hydrogens (tertiary/aromatic N) is 1. The first-order valence-corrected chi connectivity index (χ1v) is 8.99. The molecule has 0 saturated heterocycles. The molecular formula is C21H28FNO5. The lowest BCUT2D eigenvalue weighted by Gasteiger charge is -2.26. The fourth-order valence-electron chi connectivity index (χ4n) is 2.89. The average Bonchev–Trinajstić information content (AvgIpc) is 2.69. The first-order valence-electron chi connectivity index (χ1n) is 8.99. The molecule has 6 nitrogen and oxygen atoms in total. The molecular weight excluding hydrogens is 365 g/mol. The lowest BCUT2D eigenvalue weighted by Crippen LogP contribution is -2.28. The van der Waals surface area contributed by atoms with Gasteiger partial charge in [0.15, 0.2) is 6.29 Å². The minimum absolute atomic E-state index is 0.237. The summed E-state index contributed by atoms with van der Waals surface area (Å²) in [5.74, 6) is 0.122. The number of benzene rings is 1. The van der Waals surface area contributed by atoms with Gasteiger partial charge in [-0.05, 0) is 31.0 Å². The Morgan fingerprint density at radius 3 is 2.36 bits per heavy atom. The van der Waals surface area contributed by atoms with Gasteiger partial charge in [0.1, 0.15) is 12.3 Å². The maximum atomic E-state index is 14.1. The van der Waals surface area contributed by atoms with E-state index in [1.807, 2.05) is 24.3 Å². The Bertz CT molecular complexity index is 731. The van der Waals surface area contributed by atoms with Crippen molar-refractivity contribution in [2.45, 2.75) is 38.3 Å². The third-order valence-corrected chi connectivity index (χ3v) is 4.32. The summed E-state index contributed by atoms with van der Waals surface area (Å²) in [5, 5.41) is 0. The highest BCUT2D eigenvalue weighted by molar-refractivity contribution is 5.31. The SMILES string of the molecule is COOCC(c1ccccc1COc1cccc(C(C)(C)F)n1)C(OC)OC. The van der Waals surface area contributed by atoms with Crippen molar-refractivity contribution >= 4 is 0 Å². The number of rotatable bonds is 11. The molecule has 0 bridgehead atoms. The van der Waals surface area contributed by atoms with Crippen LogP contribution in [-0.2, 0) is 31.5 Å². The summed E-state index contributed by atoms with van der Waals surface area (Å²) < 4.78 is 30.8. The Kier molecular flexibility index (Phi) is 8.32. The Morgan fingerprint density at radius 2 is 1.71 bits per heavy atom. The van der Waals surface area contributed by atoms with E-state index in [0.717, 1.165) is 11.1 Å². The standard InChI is InChI=1S/C21H28FNO5/c1-21(2,22)18-11-8-12-19(23-18)27-13-15-9-6-7-10-16(15)17(14-28-26-5)20(24-3)25-4/h6-12,17,20H,13-14H2,1-5H3. The second-order valence-corrected chi connectivity index (χ2v) is 6.72. The molecule has 28 heavy (non-hydrogen) atoms. The van der Waals surface area contributed by atoms with Gasteiger partial charge >= 0.3 is 0 Å². The van der Waals surface area contributed by atoms with Crippen molar-refractivity contribution < 1.29 is 28.4 Å². The predicted molar refractivity (Wildman–Crippen MR) is 103 cm³/mol.